The first-order valence-corrected chi connectivity index (χ1v) is 10.1. The van der Waals surface area contributed by atoms with Gasteiger partial charge in [-0.3, -0.25) is 29.9 Å². The number of anilines is 1. The molecular weight excluding hydrogens is 454 g/mol. The molecule has 3 aromatic rings. The van der Waals surface area contributed by atoms with Crippen LogP contribution in [0.1, 0.15) is 11.3 Å². The third-order valence-corrected chi connectivity index (χ3v) is 5.55. The van der Waals surface area contributed by atoms with E-state index in [2.05, 4.69) is 5.32 Å². The molecule has 1 saturated heterocycles. The van der Waals surface area contributed by atoms with Gasteiger partial charge >= 0.3 is 0 Å². The number of thiocarbonyl (C=S) groups is 1. The van der Waals surface area contributed by atoms with Gasteiger partial charge in [0, 0.05) is 22.7 Å². The summed E-state index contributed by atoms with van der Waals surface area (Å²) >= 11 is 11.4. The maximum atomic E-state index is 13.2. The number of halogens is 1. The molecule has 1 N–H and O–H groups in total. The van der Waals surface area contributed by atoms with Gasteiger partial charge in [-0.05, 0) is 67.2 Å². The molecule has 160 valence electrons. The Hall–Kier alpha value is -3.82. The molecular formula is C22H14ClN3O5S. The van der Waals surface area contributed by atoms with Crippen molar-refractivity contribution >= 4 is 58.2 Å². The number of hydrogen-bond donors (Lipinski definition) is 1. The fourth-order valence-corrected chi connectivity index (χ4v) is 3.63. The Labute approximate surface area is 192 Å². The lowest BCUT2D eigenvalue weighted by Crippen LogP contribution is -2.54. The van der Waals surface area contributed by atoms with Crippen LogP contribution in [-0.2, 0) is 9.59 Å². The standard InChI is InChI=1S/C22H14ClN3O5S/c1-12-17(23)3-2-4-18(12)25-21(28)16(20(27)24-22(25)32)11-15-9-10-19(31-15)13-5-7-14(8-6-13)26(29)30/h2-11H,1H3,(H,24,27,32). The smallest absolute Gasteiger partial charge is 0.270 e. The van der Waals surface area contributed by atoms with Crippen LogP contribution in [0.3, 0.4) is 0 Å². The Morgan fingerprint density at radius 1 is 1.12 bits per heavy atom. The average molecular weight is 468 g/mol. The van der Waals surface area contributed by atoms with Crippen molar-refractivity contribution in [2.24, 2.45) is 0 Å². The van der Waals surface area contributed by atoms with Gasteiger partial charge in [-0.2, -0.15) is 0 Å². The molecule has 1 aromatic heterocycles. The predicted molar refractivity (Wildman–Crippen MR) is 123 cm³/mol. The van der Waals surface area contributed by atoms with Gasteiger partial charge in [0.1, 0.15) is 17.1 Å². The van der Waals surface area contributed by atoms with Crippen molar-refractivity contribution in [3.63, 3.8) is 0 Å². The lowest BCUT2D eigenvalue weighted by Gasteiger charge is -2.30. The maximum Gasteiger partial charge on any atom is 0.270 e. The maximum absolute atomic E-state index is 13.2. The van der Waals surface area contributed by atoms with Crippen molar-refractivity contribution in [1.29, 1.82) is 0 Å². The first-order chi connectivity index (χ1) is 15.3. The van der Waals surface area contributed by atoms with E-state index in [1.54, 1.807) is 49.4 Å². The topological polar surface area (TPSA) is 106 Å². The van der Waals surface area contributed by atoms with Crippen LogP contribution in [0, 0.1) is 17.0 Å². The summed E-state index contributed by atoms with van der Waals surface area (Å²) in [7, 11) is 0. The van der Waals surface area contributed by atoms with E-state index in [4.69, 9.17) is 28.2 Å². The molecule has 0 unspecified atom stereocenters. The number of nitro benzene ring substituents is 1. The molecule has 1 aliphatic rings. The Kier molecular flexibility index (Phi) is 5.60. The number of hydrogen-bond acceptors (Lipinski definition) is 6. The number of nitro groups is 1. The number of nitrogens with zero attached hydrogens (tertiary/aromatic N) is 2. The lowest BCUT2D eigenvalue weighted by molar-refractivity contribution is -0.384. The summed E-state index contributed by atoms with van der Waals surface area (Å²) in [6, 6.07) is 14.1. The molecule has 1 fully saturated rings. The highest BCUT2D eigenvalue weighted by Crippen LogP contribution is 2.30. The van der Waals surface area contributed by atoms with Crippen LogP contribution in [0.4, 0.5) is 11.4 Å². The van der Waals surface area contributed by atoms with Crippen LogP contribution in [0.25, 0.3) is 17.4 Å². The summed E-state index contributed by atoms with van der Waals surface area (Å²) in [4.78, 5) is 37.2. The molecule has 2 amide bonds. The number of rotatable bonds is 4. The van der Waals surface area contributed by atoms with Crippen LogP contribution < -0.4 is 10.2 Å². The van der Waals surface area contributed by atoms with E-state index < -0.39 is 16.7 Å². The van der Waals surface area contributed by atoms with Gasteiger partial charge in [0.25, 0.3) is 17.5 Å². The molecule has 0 radical (unpaired) electrons. The predicted octanol–water partition coefficient (Wildman–Crippen LogP) is 4.65. The van der Waals surface area contributed by atoms with Crippen molar-refractivity contribution in [3.05, 3.63) is 86.6 Å². The summed E-state index contributed by atoms with van der Waals surface area (Å²) in [6.07, 6.45) is 1.32. The number of furan rings is 1. The van der Waals surface area contributed by atoms with Crippen molar-refractivity contribution in [2.45, 2.75) is 6.92 Å². The summed E-state index contributed by atoms with van der Waals surface area (Å²) in [6.45, 7) is 1.75. The minimum Gasteiger partial charge on any atom is -0.457 e. The van der Waals surface area contributed by atoms with E-state index in [0.717, 1.165) is 0 Å². The quantitative estimate of drug-likeness (QED) is 0.197. The van der Waals surface area contributed by atoms with Crippen molar-refractivity contribution < 1.29 is 18.9 Å². The van der Waals surface area contributed by atoms with Gasteiger partial charge in [-0.1, -0.05) is 17.7 Å². The van der Waals surface area contributed by atoms with E-state index in [1.807, 2.05) is 0 Å². The Morgan fingerprint density at radius 2 is 1.84 bits per heavy atom. The highest BCUT2D eigenvalue weighted by atomic mass is 35.5. The number of nitrogens with one attached hydrogen (secondary N) is 1. The van der Waals surface area contributed by atoms with Crippen molar-refractivity contribution in [1.82, 2.24) is 5.32 Å². The van der Waals surface area contributed by atoms with E-state index in [-0.39, 0.29) is 22.1 Å². The van der Waals surface area contributed by atoms with Crippen LogP contribution in [-0.4, -0.2) is 21.9 Å². The zero-order valence-corrected chi connectivity index (χ0v) is 18.1. The SMILES string of the molecule is Cc1c(Cl)cccc1N1C(=O)C(=Cc2ccc(-c3ccc([N+](=O)[O-])cc3)o2)C(=O)NC1=S. The Balaban J connectivity index is 1.67. The van der Waals surface area contributed by atoms with E-state index in [1.165, 1.54) is 23.1 Å². The van der Waals surface area contributed by atoms with Gasteiger partial charge in [0.05, 0.1) is 10.6 Å². The van der Waals surface area contributed by atoms with Gasteiger partial charge in [-0.15, -0.1) is 0 Å². The normalized spacial score (nSPS) is 15.2. The summed E-state index contributed by atoms with van der Waals surface area (Å²) in [5.41, 5.74) is 1.50. The van der Waals surface area contributed by atoms with E-state index in [0.29, 0.717) is 27.6 Å². The zero-order chi connectivity index (χ0) is 23.0. The molecule has 4 rings (SSSR count). The van der Waals surface area contributed by atoms with Crippen molar-refractivity contribution in [3.8, 4) is 11.3 Å². The van der Waals surface area contributed by atoms with E-state index in [9.17, 15) is 19.7 Å². The second-order valence-corrected chi connectivity index (χ2v) is 7.64. The van der Waals surface area contributed by atoms with Crippen LogP contribution >= 0.6 is 23.8 Å². The molecule has 10 heteroatoms. The van der Waals surface area contributed by atoms with Crippen LogP contribution in [0.5, 0.6) is 0 Å². The fourth-order valence-electron chi connectivity index (χ4n) is 3.19. The molecule has 1 aliphatic heterocycles. The second kappa shape index (κ2) is 8.37. The van der Waals surface area contributed by atoms with E-state index >= 15 is 0 Å². The average Bonchev–Trinajstić information content (AvgIpc) is 3.23. The molecule has 2 aromatic carbocycles. The molecule has 0 atom stereocenters. The number of amides is 2. The number of non-ortho nitro benzene ring substituents is 1. The number of carbonyl (C=O) groups is 2. The van der Waals surface area contributed by atoms with Gasteiger partial charge < -0.3 is 4.42 Å². The van der Waals surface area contributed by atoms with Gasteiger partial charge in [0.15, 0.2) is 5.11 Å². The highest BCUT2D eigenvalue weighted by molar-refractivity contribution is 7.80. The molecule has 32 heavy (non-hydrogen) atoms. The molecule has 0 saturated carbocycles. The molecule has 0 bridgehead atoms. The van der Waals surface area contributed by atoms with Gasteiger partial charge in [-0.25, -0.2) is 0 Å². The minimum atomic E-state index is -0.649. The Bertz CT molecular complexity index is 1310. The largest absolute Gasteiger partial charge is 0.457 e. The molecule has 0 spiro atoms. The molecule has 2 heterocycles. The van der Waals surface area contributed by atoms with Crippen LogP contribution in [0.15, 0.2) is 64.6 Å². The zero-order valence-electron chi connectivity index (χ0n) is 16.5. The van der Waals surface area contributed by atoms with Gasteiger partial charge in [0.2, 0.25) is 0 Å². The number of carbonyl (C=O) groups excluding carboxylic acids is 2. The first kappa shape index (κ1) is 21.4. The first-order valence-electron chi connectivity index (χ1n) is 9.27. The monoisotopic (exact) mass is 467 g/mol. The third-order valence-electron chi connectivity index (χ3n) is 4.86. The molecule has 0 aliphatic carbocycles. The van der Waals surface area contributed by atoms with Crippen molar-refractivity contribution in [2.75, 3.05) is 4.90 Å². The molecule has 8 nitrogen and oxygen atoms in total. The lowest BCUT2D eigenvalue weighted by atomic mass is 10.1. The summed E-state index contributed by atoms with van der Waals surface area (Å²) in [5.74, 6) is -0.581. The summed E-state index contributed by atoms with van der Waals surface area (Å²) < 4.78 is 5.73. The Morgan fingerprint density at radius 3 is 2.53 bits per heavy atom. The second-order valence-electron chi connectivity index (χ2n) is 6.85. The third kappa shape index (κ3) is 3.91. The fraction of sp³-hybridized carbons (Fsp3) is 0.0455. The summed E-state index contributed by atoms with van der Waals surface area (Å²) in [5, 5.41) is 13.7. The number of benzene rings is 2. The highest BCUT2D eigenvalue weighted by Gasteiger charge is 2.35. The minimum absolute atomic E-state index is 0.0421. The van der Waals surface area contributed by atoms with Crippen LogP contribution in [0.2, 0.25) is 5.02 Å².